The summed E-state index contributed by atoms with van der Waals surface area (Å²) in [5.41, 5.74) is 6.65. The summed E-state index contributed by atoms with van der Waals surface area (Å²) in [7, 11) is 0. The average Bonchev–Trinajstić information content (AvgIpc) is 2.21. The van der Waals surface area contributed by atoms with E-state index in [0.29, 0.717) is 12.5 Å². The molecule has 0 aliphatic carbocycles. The van der Waals surface area contributed by atoms with Crippen LogP contribution >= 0.6 is 15.9 Å². The summed E-state index contributed by atoms with van der Waals surface area (Å²) in [4.78, 5) is 6.81. The molecule has 90 valence electrons. The minimum atomic E-state index is 0.609. The van der Waals surface area contributed by atoms with Gasteiger partial charge in [-0.3, -0.25) is 0 Å². The molecule has 0 atom stereocenters. The first-order valence-electron chi connectivity index (χ1n) is 5.62. The topological polar surface area (TPSA) is 42.2 Å². The zero-order valence-corrected chi connectivity index (χ0v) is 11.8. The second-order valence-electron chi connectivity index (χ2n) is 4.37. The van der Waals surface area contributed by atoms with Gasteiger partial charge >= 0.3 is 0 Å². The number of anilines is 1. The van der Waals surface area contributed by atoms with Crippen LogP contribution in [0.1, 0.15) is 19.5 Å². The fourth-order valence-electron chi connectivity index (χ4n) is 1.60. The molecule has 0 bridgehead atoms. The van der Waals surface area contributed by atoms with E-state index < -0.39 is 0 Å². The smallest absolute Gasteiger partial charge is 0.128 e. The third-order valence-corrected chi connectivity index (χ3v) is 3.15. The van der Waals surface area contributed by atoms with E-state index in [1.807, 2.05) is 19.1 Å². The molecule has 1 aromatic heterocycles. The Morgan fingerprint density at radius 1 is 1.44 bits per heavy atom. The molecule has 2 N–H and O–H groups in total. The van der Waals surface area contributed by atoms with Gasteiger partial charge in [0.15, 0.2) is 0 Å². The van der Waals surface area contributed by atoms with Crippen molar-refractivity contribution in [3.63, 3.8) is 0 Å². The lowest BCUT2D eigenvalue weighted by Gasteiger charge is -2.25. The summed E-state index contributed by atoms with van der Waals surface area (Å²) in [5, 5.41) is 0. The molecule has 0 aromatic carbocycles. The Hall–Kier alpha value is -0.610. The van der Waals surface area contributed by atoms with Gasteiger partial charge in [0.2, 0.25) is 0 Å². The molecule has 0 saturated heterocycles. The van der Waals surface area contributed by atoms with Crippen LogP contribution in [0.2, 0.25) is 0 Å². The Bertz CT molecular complexity index is 339. The Morgan fingerprint density at radius 2 is 2.12 bits per heavy atom. The Morgan fingerprint density at radius 3 is 2.62 bits per heavy atom. The van der Waals surface area contributed by atoms with Crippen LogP contribution in [0.3, 0.4) is 0 Å². The maximum Gasteiger partial charge on any atom is 0.128 e. The number of hydrogen-bond donors (Lipinski definition) is 1. The van der Waals surface area contributed by atoms with Gasteiger partial charge in [0, 0.05) is 24.1 Å². The summed E-state index contributed by atoms with van der Waals surface area (Å²) in [6.07, 6.45) is 0. The van der Waals surface area contributed by atoms with Crippen molar-refractivity contribution < 1.29 is 0 Å². The van der Waals surface area contributed by atoms with Crippen LogP contribution in [0.5, 0.6) is 0 Å². The van der Waals surface area contributed by atoms with Crippen LogP contribution in [-0.2, 0) is 0 Å². The van der Waals surface area contributed by atoms with Gasteiger partial charge in [0.25, 0.3) is 0 Å². The number of nitrogens with zero attached hydrogens (tertiary/aromatic N) is 2. The molecule has 3 nitrogen and oxygen atoms in total. The lowest BCUT2D eigenvalue weighted by Crippen LogP contribution is -2.33. The predicted octanol–water partition coefficient (Wildman–Crippen LogP) is 2.57. The molecule has 0 aliphatic rings. The van der Waals surface area contributed by atoms with Crippen LogP contribution < -0.4 is 10.6 Å². The number of halogens is 1. The zero-order valence-electron chi connectivity index (χ0n) is 10.2. The van der Waals surface area contributed by atoms with Crippen molar-refractivity contribution in [2.45, 2.75) is 20.8 Å². The lowest BCUT2D eigenvalue weighted by atomic mass is 10.2. The average molecular weight is 286 g/mol. The van der Waals surface area contributed by atoms with Crippen LogP contribution in [0, 0.1) is 12.8 Å². The van der Waals surface area contributed by atoms with Crippen LogP contribution in [0.25, 0.3) is 0 Å². The number of hydrogen-bond acceptors (Lipinski definition) is 3. The third-order valence-electron chi connectivity index (χ3n) is 2.32. The van der Waals surface area contributed by atoms with Crippen LogP contribution in [-0.4, -0.2) is 24.6 Å². The second kappa shape index (κ2) is 6.21. The number of aryl methyl sites for hydroxylation is 1. The molecule has 0 fully saturated rings. The number of pyridine rings is 1. The molecular formula is C12H20BrN3. The maximum atomic E-state index is 5.63. The summed E-state index contributed by atoms with van der Waals surface area (Å²) in [5.74, 6) is 1.62. The summed E-state index contributed by atoms with van der Waals surface area (Å²) < 4.78 is 1.05. The molecule has 0 radical (unpaired) electrons. The first-order chi connectivity index (χ1) is 7.54. The minimum absolute atomic E-state index is 0.609. The molecule has 0 amide bonds. The van der Waals surface area contributed by atoms with E-state index in [1.54, 1.807) is 0 Å². The Labute approximate surface area is 106 Å². The molecule has 0 aliphatic heterocycles. The highest BCUT2D eigenvalue weighted by molar-refractivity contribution is 9.10. The monoisotopic (exact) mass is 285 g/mol. The van der Waals surface area contributed by atoms with E-state index in [4.69, 9.17) is 5.73 Å². The fourth-order valence-corrected chi connectivity index (χ4v) is 1.82. The standard InChI is InChI=1S/C12H20BrN3/c1-9(2)8-16(7-6-14)12-5-4-11(13)10(3)15-12/h4-5,9H,6-8,14H2,1-3H3. The van der Waals surface area contributed by atoms with Crippen molar-refractivity contribution in [1.29, 1.82) is 0 Å². The van der Waals surface area contributed by atoms with Crippen molar-refractivity contribution in [3.8, 4) is 0 Å². The first kappa shape index (κ1) is 13.5. The lowest BCUT2D eigenvalue weighted by molar-refractivity contribution is 0.607. The highest BCUT2D eigenvalue weighted by Gasteiger charge is 2.09. The third kappa shape index (κ3) is 3.76. The molecule has 0 unspecified atom stereocenters. The van der Waals surface area contributed by atoms with Gasteiger partial charge in [-0.05, 0) is 40.9 Å². The minimum Gasteiger partial charge on any atom is -0.355 e. The number of nitrogens with two attached hydrogens (primary N) is 1. The van der Waals surface area contributed by atoms with Crippen molar-refractivity contribution in [2.75, 3.05) is 24.5 Å². The Kier molecular flexibility index (Phi) is 5.22. The number of rotatable bonds is 5. The Balaban J connectivity index is 2.87. The fraction of sp³-hybridized carbons (Fsp3) is 0.583. The predicted molar refractivity (Wildman–Crippen MR) is 72.8 cm³/mol. The SMILES string of the molecule is Cc1nc(N(CCN)CC(C)C)ccc1Br. The normalized spacial score (nSPS) is 10.9. The van der Waals surface area contributed by atoms with E-state index in [2.05, 4.69) is 39.7 Å². The molecule has 0 spiro atoms. The summed E-state index contributed by atoms with van der Waals surface area (Å²) >= 11 is 3.46. The van der Waals surface area contributed by atoms with Crippen LogP contribution in [0.15, 0.2) is 16.6 Å². The van der Waals surface area contributed by atoms with Gasteiger partial charge in [-0.2, -0.15) is 0 Å². The molecule has 1 aromatic rings. The van der Waals surface area contributed by atoms with E-state index in [1.165, 1.54) is 0 Å². The quantitative estimate of drug-likeness (QED) is 0.904. The van der Waals surface area contributed by atoms with Crippen molar-refractivity contribution in [3.05, 3.63) is 22.3 Å². The van der Waals surface area contributed by atoms with Crippen LogP contribution in [0.4, 0.5) is 5.82 Å². The largest absolute Gasteiger partial charge is 0.355 e. The second-order valence-corrected chi connectivity index (χ2v) is 5.22. The van der Waals surface area contributed by atoms with Gasteiger partial charge in [-0.25, -0.2) is 4.98 Å². The van der Waals surface area contributed by atoms with Gasteiger partial charge in [0.05, 0.1) is 5.69 Å². The molecule has 1 heterocycles. The molecule has 16 heavy (non-hydrogen) atoms. The van der Waals surface area contributed by atoms with Gasteiger partial charge < -0.3 is 10.6 Å². The van der Waals surface area contributed by atoms with Crippen molar-refractivity contribution >= 4 is 21.7 Å². The first-order valence-corrected chi connectivity index (χ1v) is 6.42. The summed E-state index contributed by atoms with van der Waals surface area (Å²) in [6, 6.07) is 4.08. The van der Waals surface area contributed by atoms with Gasteiger partial charge in [-0.1, -0.05) is 13.8 Å². The highest BCUT2D eigenvalue weighted by atomic mass is 79.9. The molecular weight excluding hydrogens is 266 g/mol. The molecule has 4 heteroatoms. The van der Waals surface area contributed by atoms with E-state index >= 15 is 0 Å². The van der Waals surface area contributed by atoms with Gasteiger partial charge in [0.1, 0.15) is 5.82 Å². The molecule has 1 rings (SSSR count). The van der Waals surface area contributed by atoms with Crippen molar-refractivity contribution in [2.24, 2.45) is 11.7 Å². The highest BCUT2D eigenvalue weighted by Crippen LogP contribution is 2.19. The van der Waals surface area contributed by atoms with E-state index in [-0.39, 0.29) is 0 Å². The zero-order chi connectivity index (χ0) is 12.1. The number of aromatic nitrogens is 1. The van der Waals surface area contributed by atoms with E-state index in [9.17, 15) is 0 Å². The van der Waals surface area contributed by atoms with Crippen molar-refractivity contribution in [1.82, 2.24) is 4.98 Å². The maximum absolute atomic E-state index is 5.63. The van der Waals surface area contributed by atoms with Gasteiger partial charge in [-0.15, -0.1) is 0 Å². The summed E-state index contributed by atoms with van der Waals surface area (Å²) in [6.45, 7) is 8.91. The molecule has 0 saturated carbocycles. The van der Waals surface area contributed by atoms with E-state index in [0.717, 1.165) is 29.1 Å².